The molecule has 1 aromatic heterocycles. The molecule has 0 spiro atoms. The maximum Gasteiger partial charge on any atom is 0.256 e. The molecule has 2 heterocycles. The van der Waals surface area contributed by atoms with E-state index in [1.807, 2.05) is 25.1 Å². The lowest BCUT2D eigenvalue weighted by Gasteiger charge is -2.18. The number of anilines is 1. The van der Waals surface area contributed by atoms with Crippen LogP contribution in [0.1, 0.15) is 32.0 Å². The highest BCUT2D eigenvalue weighted by molar-refractivity contribution is 6.11. The van der Waals surface area contributed by atoms with Gasteiger partial charge in [0.1, 0.15) is 0 Å². The van der Waals surface area contributed by atoms with Crippen LogP contribution in [0.3, 0.4) is 0 Å². The van der Waals surface area contributed by atoms with E-state index in [4.69, 9.17) is 19.9 Å². The average molecular weight is 513 g/mol. The molecule has 5 rings (SSSR count). The van der Waals surface area contributed by atoms with E-state index in [1.165, 1.54) is 21.3 Å². The van der Waals surface area contributed by atoms with Gasteiger partial charge in [-0.2, -0.15) is 5.10 Å². The first-order chi connectivity index (χ1) is 18.3. The van der Waals surface area contributed by atoms with E-state index in [1.54, 1.807) is 23.1 Å². The lowest BCUT2D eigenvalue weighted by molar-refractivity contribution is 0.0789. The topological polar surface area (TPSA) is 120 Å². The molecule has 3 aromatic carbocycles. The summed E-state index contributed by atoms with van der Waals surface area (Å²) in [6.45, 7) is 6.28. The summed E-state index contributed by atoms with van der Waals surface area (Å²) in [5.74, 6) is 0.528. The second-order valence-corrected chi connectivity index (χ2v) is 9.13. The number of aromatic amines is 1. The van der Waals surface area contributed by atoms with Crippen molar-refractivity contribution < 1.29 is 23.8 Å². The second-order valence-electron chi connectivity index (χ2n) is 9.13. The molecule has 0 saturated carbocycles. The number of amides is 1. The molecule has 0 atom stereocenters. The van der Waals surface area contributed by atoms with Gasteiger partial charge in [-0.1, -0.05) is 18.7 Å². The molecular weight excluding hydrogens is 484 g/mol. The number of aryl methyl sites for hydroxylation is 1. The predicted molar refractivity (Wildman–Crippen MR) is 145 cm³/mol. The van der Waals surface area contributed by atoms with Crippen molar-refractivity contribution >= 4 is 28.3 Å². The summed E-state index contributed by atoms with van der Waals surface area (Å²) in [5.41, 5.74) is 12.2. The smallest absolute Gasteiger partial charge is 0.256 e. The van der Waals surface area contributed by atoms with Crippen LogP contribution in [0.4, 0.5) is 5.69 Å². The summed E-state index contributed by atoms with van der Waals surface area (Å²) in [6, 6.07) is 12.8. The Morgan fingerprint density at radius 3 is 2.45 bits per heavy atom. The van der Waals surface area contributed by atoms with Gasteiger partial charge in [0.05, 0.1) is 38.1 Å². The number of Topliss-reactive ketones (excluding diaryl/α,β-unsaturated/α-hetero) is 1. The van der Waals surface area contributed by atoms with Crippen molar-refractivity contribution in [3.05, 3.63) is 77.0 Å². The maximum atomic E-state index is 13.4. The van der Waals surface area contributed by atoms with Gasteiger partial charge in [-0.25, -0.2) is 0 Å². The molecule has 0 aliphatic carbocycles. The van der Waals surface area contributed by atoms with Gasteiger partial charge in [0.25, 0.3) is 5.91 Å². The number of ketones is 1. The normalized spacial score (nSPS) is 12.5. The van der Waals surface area contributed by atoms with Gasteiger partial charge >= 0.3 is 0 Å². The van der Waals surface area contributed by atoms with Crippen LogP contribution in [0, 0.1) is 6.92 Å². The van der Waals surface area contributed by atoms with E-state index in [-0.39, 0.29) is 23.8 Å². The number of carbonyl (C=O) groups is 2. The van der Waals surface area contributed by atoms with E-state index in [0.29, 0.717) is 40.6 Å². The Morgan fingerprint density at radius 1 is 1.08 bits per heavy atom. The molecule has 9 heteroatoms. The minimum atomic E-state index is -0.331. The number of hydrogen-bond acceptors (Lipinski definition) is 7. The fourth-order valence-electron chi connectivity index (χ4n) is 4.93. The zero-order valence-corrected chi connectivity index (χ0v) is 21.7. The van der Waals surface area contributed by atoms with Crippen LogP contribution >= 0.6 is 0 Å². The molecule has 0 fully saturated rings. The Morgan fingerprint density at radius 2 is 1.79 bits per heavy atom. The Kier molecular flexibility index (Phi) is 6.28. The van der Waals surface area contributed by atoms with Gasteiger partial charge in [0, 0.05) is 35.3 Å². The van der Waals surface area contributed by atoms with Crippen LogP contribution in [-0.4, -0.2) is 54.7 Å². The molecule has 3 N–H and O–H groups in total. The highest BCUT2D eigenvalue weighted by Crippen LogP contribution is 2.40. The molecule has 0 radical (unpaired) electrons. The zero-order chi connectivity index (χ0) is 27.1. The van der Waals surface area contributed by atoms with Crippen molar-refractivity contribution in [3.8, 4) is 28.4 Å². The Hall–Kier alpha value is -4.79. The molecule has 4 aromatic rings. The van der Waals surface area contributed by atoms with Crippen LogP contribution in [0.25, 0.3) is 22.0 Å². The fraction of sp³-hybridized carbons (Fsp3) is 0.207. The summed E-state index contributed by atoms with van der Waals surface area (Å²) in [4.78, 5) is 28.3. The van der Waals surface area contributed by atoms with E-state index < -0.39 is 0 Å². The van der Waals surface area contributed by atoms with Gasteiger partial charge in [-0.05, 0) is 53.9 Å². The van der Waals surface area contributed by atoms with Crippen molar-refractivity contribution in [1.82, 2.24) is 15.1 Å². The van der Waals surface area contributed by atoms with Crippen LogP contribution in [0.5, 0.6) is 17.2 Å². The van der Waals surface area contributed by atoms with Gasteiger partial charge in [-0.3, -0.25) is 14.7 Å². The van der Waals surface area contributed by atoms with E-state index in [9.17, 15) is 9.59 Å². The first-order valence-electron chi connectivity index (χ1n) is 12.0. The van der Waals surface area contributed by atoms with E-state index in [0.717, 1.165) is 33.3 Å². The van der Waals surface area contributed by atoms with Crippen molar-refractivity contribution in [1.29, 1.82) is 0 Å². The molecule has 38 heavy (non-hydrogen) atoms. The SMILES string of the molecule is C=C(CN1Cc2c(-c3ccc4[nH]nc(C)c4c3)ccc(N)c2C1=O)C(=O)c1cc(OC)c(OC)c(OC)c1. The van der Waals surface area contributed by atoms with Crippen molar-refractivity contribution in [2.75, 3.05) is 33.6 Å². The summed E-state index contributed by atoms with van der Waals surface area (Å²) >= 11 is 0. The number of nitrogens with two attached hydrogens (primary N) is 1. The van der Waals surface area contributed by atoms with Gasteiger partial charge in [0.15, 0.2) is 17.3 Å². The predicted octanol–water partition coefficient (Wildman–Crippen LogP) is 4.54. The second kappa shape index (κ2) is 9.59. The van der Waals surface area contributed by atoms with Crippen LogP contribution < -0.4 is 19.9 Å². The summed E-state index contributed by atoms with van der Waals surface area (Å²) in [5, 5.41) is 8.30. The Bertz CT molecular complexity index is 1600. The lowest BCUT2D eigenvalue weighted by atomic mass is 9.95. The summed E-state index contributed by atoms with van der Waals surface area (Å²) in [7, 11) is 4.45. The highest BCUT2D eigenvalue weighted by atomic mass is 16.5. The standard InChI is InChI=1S/C29H28N4O5/c1-15(27(34)18-11-24(36-3)28(38-5)25(12-18)37-4)13-33-14-21-19(7-8-22(30)26(21)29(33)35)17-6-9-23-20(10-17)16(2)31-32-23/h6-12H,1,13-14,30H2,2-5H3,(H,31,32). The molecule has 0 bridgehead atoms. The number of ether oxygens (including phenoxy) is 3. The summed E-state index contributed by atoms with van der Waals surface area (Å²) in [6.07, 6.45) is 0. The molecule has 194 valence electrons. The first kappa shape index (κ1) is 24.9. The average Bonchev–Trinajstić information content (AvgIpc) is 3.46. The number of methoxy groups -OCH3 is 3. The molecule has 1 aliphatic rings. The van der Waals surface area contributed by atoms with Gasteiger partial charge in [-0.15, -0.1) is 0 Å². The third-order valence-corrected chi connectivity index (χ3v) is 6.89. The van der Waals surface area contributed by atoms with Crippen LogP contribution in [0.2, 0.25) is 0 Å². The molecule has 0 saturated heterocycles. The number of nitrogens with one attached hydrogen (secondary N) is 1. The van der Waals surface area contributed by atoms with Crippen LogP contribution in [-0.2, 0) is 6.54 Å². The monoisotopic (exact) mass is 512 g/mol. The zero-order valence-electron chi connectivity index (χ0n) is 21.7. The minimum absolute atomic E-state index is 0.0434. The number of nitrogens with zero attached hydrogens (tertiary/aromatic N) is 2. The molecule has 1 aliphatic heterocycles. The largest absolute Gasteiger partial charge is 0.493 e. The van der Waals surface area contributed by atoms with Gasteiger partial charge < -0.3 is 24.8 Å². The third kappa shape index (κ3) is 4.02. The number of nitrogen functional groups attached to an aromatic ring is 1. The number of fused-ring (bicyclic) bond motifs is 2. The number of hydrogen-bond donors (Lipinski definition) is 2. The van der Waals surface area contributed by atoms with E-state index in [2.05, 4.69) is 22.8 Å². The van der Waals surface area contributed by atoms with Gasteiger partial charge in [0.2, 0.25) is 5.75 Å². The quantitative estimate of drug-likeness (QED) is 0.202. The number of rotatable bonds is 8. The molecule has 1 amide bonds. The Labute approximate surface area is 219 Å². The fourth-order valence-corrected chi connectivity index (χ4v) is 4.93. The molecule has 0 unspecified atom stereocenters. The number of carbonyl (C=O) groups excluding carboxylic acids is 2. The number of H-pyrrole nitrogens is 1. The first-order valence-corrected chi connectivity index (χ1v) is 12.0. The molecular formula is C29H28N4O5. The Balaban J connectivity index is 1.43. The number of benzene rings is 3. The third-order valence-electron chi connectivity index (χ3n) is 6.89. The number of aromatic nitrogens is 2. The van der Waals surface area contributed by atoms with E-state index >= 15 is 0 Å². The molecule has 9 nitrogen and oxygen atoms in total. The van der Waals surface area contributed by atoms with Crippen LogP contribution in [0.15, 0.2) is 54.6 Å². The van der Waals surface area contributed by atoms with Crippen molar-refractivity contribution in [2.45, 2.75) is 13.5 Å². The minimum Gasteiger partial charge on any atom is -0.493 e. The highest BCUT2D eigenvalue weighted by Gasteiger charge is 2.33. The van der Waals surface area contributed by atoms with Crippen molar-refractivity contribution in [2.24, 2.45) is 0 Å². The lowest BCUT2D eigenvalue weighted by Crippen LogP contribution is -2.28. The summed E-state index contributed by atoms with van der Waals surface area (Å²) < 4.78 is 16.1. The van der Waals surface area contributed by atoms with Crippen molar-refractivity contribution in [3.63, 3.8) is 0 Å². The maximum absolute atomic E-state index is 13.4.